The molecule has 1 aliphatic rings. The first-order valence-corrected chi connectivity index (χ1v) is 8.79. The molecule has 7 nitrogen and oxygen atoms in total. The Hall–Kier alpha value is -2.41. The van der Waals surface area contributed by atoms with Gasteiger partial charge in [-0.1, -0.05) is 0 Å². The number of ether oxygens (including phenoxy) is 1. The molecule has 0 radical (unpaired) electrons. The third-order valence-corrected chi connectivity index (χ3v) is 4.45. The van der Waals surface area contributed by atoms with Crippen molar-refractivity contribution < 1.29 is 9.53 Å². The van der Waals surface area contributed by atoms with Gasteiger partial charge >= 0.3 is 0 Å². The lowest BCUT2D eigenvalue weighted by molar-refractivity contribution is -0.133. The highest BCUT2D eigenvalue weighted by Crippen LogP contribution is 2.10. The van der Waals surface area contributed by atoms with Gasteiger partial charge in [0.2, 0.25) is 0 Å². The minimum atomic E-state index is 0.0285. The van der Waals surface area contributed by atoms with Crippen LogP contribution in [0, 0.1) is 0 Å². The van der Waals surface area contributed by atoms with Gasteiger partial charge < -0.3 is 14.2 Å². The third kappa shape index (κ3) is 4.79. The lowest BCUT2D eigenvalue weighted by Gasteiger charge is -2.22. The second kappa shape index (κ2) is 8.62. The number of aromatic nitrogens is 3. The Kier molecular flexibility index (Phi) is 6.00. The van der Waals surface area contributed by atoms with E-state index in [9.17, 15) is 4.79 Å². The molecule has 0 unspecified atom stereocenters. The van der Waals surface area contributed by atoms with Gasteiger partial charge in [-0.2, -0.15) is 0 Å². The van der Waals surface area contributed by atoms with E-state index in [0.717, 1.165) is 51.5 Å². The van der Waals surface area contributed by atoms with Gasteiger partial charge in [0.05, 0.1) is 12.7 Å². The number of amides is 1. The maximum atomic E-state index is 12.4. The van der Waals surface area contributed by atoms with E-state index in [-0.39, 0.29) is 12.5 Å². The highest BCUT2D eigenvalue weighted by atomic mass is 16.5. The second-order valence-electron chi connectivity index (χ2n) is 6.12. The van der Waals surface area contributed by atoms with Crippen LogP contribution in [-0.4, -0.2) is 63.0 Å². The van der Waals surface area contributed by atoms with E-state index >= 15 is 0 Å². The molecular formula is C18H25N5O2. The highest BCUT2D eigenvalue weighted by Gasteiger charge is 2.20. The third-order valence-electron chi connectivity index (χ3n) is 4.45. The number of pyridine rings is 1. The molecule has 0 aromatic carbocycles. The summed E-state index contributed by atoms with van der Waals surface area (Å²) in [6.45, 7) is 7.27. The number of carbonyl (C=O) groups is 1. The largest absolute Gasteiger partial charge is 0.482 e. The molecule has 1 amide bonds. The van der Waals surface area contributed by atoms with Crippen LogP contribution in [0.3, 0.4) is 0 Å². The zero-order valence-electron chi connectivity index (χ0n) is 14.7. The van der Waals surface area contributed by atoms with Crippen LogP contribution in [-0.2, 0) is 17.9 Å². The topological polar surface area (TPSA) is 63.5 Å². The van der Waals surface area contributed by atoms with Crippen molar-refractivity contribution in [2.45, 2.75) is 26.4 Å². The summed E-state index contributed by atoms with van der Waals surface area (Å²) in [5.41, 5.74) is 0. The van der Waals surface area contributed by atoms with E-state index in [2.05, 4.69) is 26.4 Å². The number of hydrogen-bond donors (Lipinski definition) is 0. The molecule has 0 aliphatic carbocycles. The lowest BCUT2D eigenvalue weighted by Crippen LogP contribution is -2.38. The first kappa shape index (κ1) is 17.4. The van der Waals surface area contributed by atoms with Crippen molar-refractivity contribution in [3.05, 3.63) is 42.7 Å². The van der Waals surface area contributed by atoms with E-state index in [1.165, 1.54) is 0 Å². The Labute approximate surface area is 148 Å². The van der Waals surface area contributed by atoms with Crippen molar-refractivity contribution in [2.75, 3.05) is 32.8 Å². The summed E-state index contributed by atoms with van der Waals surface area (Å²) >= 11 is 0. The molecule has 0 atom stereocenters. The van der Waals surface area contributed by atoms with Gasteiger partial charge in [0.1, 0.15) is 11.6 Å². The zero-order valence-corrected chi connectivity index (χ0v) is 14.7. The number of carbonyl (C=O) groups excluding carboxylic acids is 1. The number of nitrogens with zero attached hydrogens (tertiary/aromatic N) is 5. The van der Waals surface area contributed by atoms with Crippen molar-refractivity contribution >= 4 is 5.91 Å². The van der Waals surface area contributed by atoms with Crippen LogP contribution in [0.1, 0.15) is 19.2 Å². The molecule has 1 saturated heterocycles. The summed E-state index contributed by atoms with van der Waals surface area (Å²) in [7, 11) is 0. The fraction of sp³-hybridized carbons (Fsp3) is 0.500. The molecule has 3 heterocycles. The summed E-state index contributed by atoms with van der Waals surface area (Å²) in [4.78, 5) is 25.1. The van der Waals surface area contributed by atoms with Gasteiger partial charge in [-0.15, -0.1) is 0 Å². The molecule has 25 heavy (non-hydrogen) atoms. The van der Waals surface area contributed by atoms with E-state index in [4.69, 9.17) is 4.74 Å². The SMILES string of the molecule is CCn1ccnc1CN1CCCN(C(=O)COc2cccnc2)CC1. The van der Waals surface area contributed by atoms with Crippen molar-refractivity contribution in [1.82, 2.24) is 24.3 Å². The first-order chi connectivity index (χ1) is 12.3. The normalized spacial score (nSPS) is 15.8. The molecule has 7 heteroatoms. The Bertz CT molecular complexity index is 673. The minimum Gasteiger partial charge on any atom is -0.482 e. The average Bonchev–Trinajstić information content (AvgIpc) is 2.96. The van der Waals surface area contributed by atoms with Gasteiger partial charge in [0, 0.05) is 51.3 Å². The average molecular weight is 343 g/mol. The van der Waals surface area contributed by atoms with Crippen LogP contribution in [0.5, 0.6) is 5.75 Å². The molecule has 134 valence electrons. The molecule has 0 spiro atoms. The maximum absolute atomic E-state index is 12.4. The van der Waals surface area contributed by atoms with E-state index in [1.807, 2.05) is 17.3 Å². The van der Waals surface area contributed by atoms with Crippen LogP contribution in [0.25, 0.3) is 0 Å². The maximum Gasteiger partial charge on any atom is 0.260 e. The zero-order chi connectivity index (χ0) is 17.5. The summed E-state index contributed by atoms with van der Waals surface area (Å²) in [6, 6.07) is 3.60. The van der Waals surface area contributed by atoms with Crippen LogP contribution < -0.4 is 4.74 Å². The molecule has 3 rings (SSSR count). The molecule has 2 aromatic heterocycles. The van der Waals surface area contributed by atoms with Gasteiger partial charge in [-0.25, -0.2) is 4.98 Å². The number of imidazole rings is 1. The predicted molar refractivity (Wildman–Crippen MR) is 94.1 cm³/mol. The quantitative estimate of drug-likeness (QED) is 0.794. The van der Waals surface area contributed by atoms with Crippen LogP contribution in [0.15, 0.2) is 36.9 Å². The van der Waals surface area contributed by atoms with Gasteiger partial charge in [-0.3, -0.25) is 14.7 Å². The number of aryl methyl sites for hydroxylation is 1. The fourth-order valence-electron chi connectivity index (χ4n) is 3.03. The van der Waals surface area contributed by atoms with Gasteiger partial charge in [0.15, 0.2) is 6.61 Å². The standard InChI is InChI=1S/C18H25N5O2/c1-2-22-10-7-20-17(22)14-21-8-4-9-23(12-11-21)18(24)15-25-16-5-3-6-19-13-16/h3,5-7,10,13H,2,4,8-9,11-12,14-15H2,1H3. The first-order valence-electron chi connectivity index (χ1n) is 8.79. The second-order valence-corrected chi connectivity index (χ2v) is 6.12. The Morgan fingerprint density at radius 1 is 1.24 bits per heavy atom. The lowest BCUT2D eigenvalue weighted by atomic mass is 10.3. The Morgan fingerprint density at radius 2 is 2.16 bits per heavy atom. The van der Waals surface area contributed by atoms with Gasteiger partial charge in [0.25, 0.3) is 5.91 Å². The molecule has 0 saturated carbocycles. The molecule has 2 aromatic rings. The predicted octanol–water partition coefficient (Wildman–Crippen LogP) is 1.41. The fourth-order valence-corrected chi connectivity index (χ4v) is 3.03. The number of hydrogen-bond acceptors (Lipinski definition) is 5. The number of rotatable bonds is 6. The molecule has 0 N–H and O–H groups in total. The summed E-state index contributed by atoms with van der Waals surface area (Å²) in [6.07, 6.45) is 8.13. The van der Waals surface area contributed by atoms with Crippen LogP contribution >= 0.6 is 0 Å². The van der Waals surface area contributed by atoms with E-state index < -0.39 is 0 Å². The summed E-state index contributed by atoms with van der Waals surface area (Å²) < 4.78 is 7.69. The Balaban J connectivity index is 1.48. The van der Waals surface area contributed by atoms with E-state index in [0.29, 0.717) is 5.75 Å². The van der Waals surface area contributed by atoms with Crippen LogP contribution in [0.4, 0.5) is 0 Å². The molecule has 1 aliphatic heterocycles. The van der Waals surface area contributed by atoms with Crippen LogP contribution in [0.2, 0.25) is 0 Å². The summed E-state index contributed by atoms with van der Waals surface area (Å²) in [5.74, 6) is 1.74. The smallest absolute Gasteiger partial charge is 0.260 e. The van der Waals surface area contributed by atoms with Crippen molar-refractivity contribution in [1.29, 1.82) is 0 Å². The molecule has 1 fully saturated rings. The minimum absolute atomic E-state index is 0.0285. The monoisotopic (exact) mass is 343 g/mol. The highest BCUT2D eigenvalue weighted by molar-refractivity contribution is 5.77. The van der Waals surface area contributed by atoms with Crippen molar-refractivity contribution in [2.24, 2.45) is 0 Å². The van der Waals surface area contributed by atoms with Gasteiger partial charge in [-0.05, 0) is 25.5 Å². The molecule has 0 bridgehead atoms. The van der Waals surface area contributed by atoms with Crippen molar-refractivity contribution in [3.8, 4) is 5.75 Å². The Morgan fingerprint density at radius 3 is 2.96 bits per heavy atom. The molecular weight excluding hydrogens is 318 g/mol. The van der Waals surface area contributed by atoms with Crippen molar-refractivity contribution in [3.63, 3.8) is 0 Å². The summed E-state index contributed by atoms with van der Waals surface area (Å²) in [5, 5.41) is 0. The van der Waals surface area contributed by atoms with E-state index in [1.54, 1.807) is 24.5 Å².